The first kappa shape index (κ1) is 15.1. The third-order valence-electron chi connectivity index (χ3n) is 3.39. The largest absolute Gasteiger partial charge is 0.369 e. The van der Waals surface area contributed by atoms with Gasteiger partial charge in [0.2, 0.25) is 0 Å². The maximum absolute atomic E-state index is 12.1. The Kier molecular flexibility index (Phi) is 4.62. The summed E-state index contributed by atoms with van der Waals surface area (Å²) >= 11 is 0. The van der Waals surface area contributed by atoms with Crippen LogP contribution in [0.3, 0.4) is 0 Å². The Morgan fingerprint density at radius 3 is 2.48 bits per heavy atom. The van der Waals surface area contributed by atoms with Crippen molar-refractivity contribution in [3.05, 3.63) is 42.2 Å². The number of benzene rings is 1. The summed E-state index contributed by atoms with van der Waals surface area (Å²) in [7, 11) is 1.82. The number of rotatable bonds is 5. The smallest absolute Gasteiger partial charge is 0.255 e. The van der Waals surface area contributed by atoms with E-state index in [0.29, 0.717) is 17.3 Å². The number of hydrogen-bond acceptors (Lipinski definition) is 3. The van der Waals surface area contributed by atoms with Gasteiger partial charge in [-0.05, 0) is 45.0 Å². The Morgan fingerprint density at radius 1 is 1.33 bits per heavy atom. The average molecular weight is 286 g/mol. The highest BCUT2D eigenvalue weighted by Gasteiger charge is 2.11. The topological polar surface area (TPSA) is 50.2 Å². The van der Waals surface area contributed by atoms with Gasteiger partial charge < -0.3 is 10.2 Å². The first-order valence-corrected chi connectivity index (χ1v) is 7.18. The molecular formula is C16H22N4O. The summed E-state index contributed by atoms with van der Waals surface area (Å²) in [5.41, 5.74) is 2.47. The molecule has 112 valence electrons. The number of aryl methyl sites for hydroxylation is 1. The van der Waals surface area contributed by atoms with E-state index >= 15 is 0 Å². The van der Waals surface area contributed by atoms with E-state index in [2.05, 4.69) is 36.1 Å². The first-order chi connectivity index (χ1) is 10.0. The van der Waals surface area contributed by atoms with Gasteiger partial charge in [0.25, 0.3) is 5.91 Å². The normalized spacial score (nSPS) is 10.7. The molecule has 0 bridgehead atoms. The predicted octanol–water partition coefficient (Wildman–Crippen LogP) is 2.91. The highest BCUT2D eigenvalue weighted by atomic mass is 16.1. The Bertz CT molecular complexity index is 601. The van der Waals surface area contributed by atoms with Gasteiger partial charge in [0, 0.05) is 37.1 Å². The van der Waals surface area contributed by atoms with Crippen LogP contribution in [-0.4, -0.2) is 28.3 Å². The fraction of sp³-hybridized carbons (Fsp3) is 0.375. The van der Waals surface area contributed by atoms with Gasteiger partial charge in [-0.2, -0.15) is 5.10 Å². The van der Waals surface area contributed by atoms with Crippen molar-refractivity contribution in [3.63, 3.8) is 0 Å². The summed E-state index contributed by atoms with van der Waals surface area (Å²) in [5, 5.41) is 6.86. The van der Waals surface area contributed by atoms with Crippen LogP contribution in [0.4, 0.5) is 11.4 Å². The third-order valence-corrected chi connectivity index (χ3v) is 3.39. The number of carbonyl (C=O) groups is 1. The molecule has 1 heterocycles. The van der Waals surface area contributed by atoms with E-state index in [1.165, 1.54) is 0 Å². The Hall–Kier alpha value is -2.30. The number of carbonyl (C=O) groups excluding carboxylic acids is 1. The first-order valence-electron chi connectivity index (χ1n) is 7.18. The Balaban J connectivity index is 2.09. The standard InChI is InChI=1S/C16H22N4O/c1-5-20(12(2)3)15-8-6-13(7-9-15)16(21)18-14-10-17-19(4)11-14/h6-12H,5H2,1-4H3,(H,18,21). The zero-order chi connectivity index (χ0) is 15.4. The average Bonchev–Trinajstić information content (AvgIpc) is 2.85. The lowest BCUT2D eigenvalue weighted by atomic mass is 10.1. The summed E-state index contributed by atoms with van der Waals surface area (Å²) in [5.74, 6) is -0.123. The Labute approximate surface area is 125 Å². The van der Waals surface area contributed by atoms with Crippen LogP contribution in [0.2, 0.25) is 0 Å². The summed E-state index contributed by atoms with van der Waals surface area (Å²) in [6, 6.07) is 8.12. The van der Waals surface area contributed by atoms with E-state index < -0.39 is 0 Å². The molecule has 2 aromatic rings. The lowest BCUT2D eigenvalue weighted by Gasteiger charge is -2.27. The molecule has 0 aliphatic heterocycles. The summed E-state index contributed by atoms with van der Waals surface area (Å²) < 4.78 is 1.65. The van der Waals surface area contributed by atoms with Crippen molar-refractivity contribution in [1.29, 1.82) is 0 Å². The third kappa shape index (κ3) is 3.62. The van der Waals surface area contributed by atoms with Crippen molar-refractivity contribution in [2.24, 2.45) is 7.05 Å². The highest BCUT2D eigenvalue weighted by Crippen LogP contribution is 2.18. The fourth-order valence-electron chi connectivity index (χ4n) is 2.34. The monoisotopic (exact) mass is 286 g/mol. The number of aromatic nitrogens is 2. The van der Waals surface area contributed by atoms with Crippen molar-refractivity contribution in [2.75, 3.05) is 16.8 Å². The van der Waals surface area contributed by atoms with E-state index in [-0.39, 0.29) is 5.91 Å². The molecular weight excluding hydrogens is 264 g/mol. The van der Waals surface area contributed by atoms with E-state index in [1.54, 1.807) is 17.1 Å². The number of nitrogens with zero attached hydrogens (tertiary/aromatic N) is 3. The molecule has 5 nitrogen and oxygen atoms in total. The van der Waals surface area contributed by atoms with Crippen molar-refractivity contribution in [2.45, 2.75) is 26.8 Å². The van der Waals surface area contributed by atoms with E-state index in [9.17, 15) is 4.79 Å². The zero-order valence-electron chi connectivity index (χ0n) is 13.0. The molecule has 1 N–H and O–H groups in total. The number of amides is 1. The lowest BCUT2D eigenvalue weighted by Crippen LogP contribution is -2.30. The van der Waals surface area contributed by atoms with Crippen LogP contribution in [0.5, 0.6) is 0 Å². The van der Waals surface area contributed by atoms with Crippen LogP contribution in [0, 0.1) is 0 Å². The van der Waals surface area contributed by atoms with Crippen LogP contribution in [0.1, 0.15) is 31.1 Å². The molecule has 2 rings (SSSR count). The van der Waals surface area contributed by atoms with E-state index in [4.69, 9.17) is 0 Å². The molecule has 0 unspecified atom stereocenters. The van der Waals surface area contributed by atoms with E-state index in [0.717, 1.165) is 12.2 Å². The van der Waals surface area contributed by atoms with Crippen LogP contribution in [-0.2, 0) is 7.05 Å². The second-order valence-electron chi connectivity index (χ2n) is 5.28. The maximum atomic E-state index is 12.1. The fourth-order valence-corrected chi connectivity index (χ4v) is 2.34. The van der Waals surface area contributed by atoms with Crippen LogP contribution in [0.15, 0.2) is 36.7 Å². The molecule has 0 radical (unpaired) electrons. The molecule has 0 spiro atoms. The second kappa shape index (κ2) is 6.43. The van der Waals surface area contributed by atoms with Gasteiger partial charge >= 0.3 is 0 Å². The molecule has 1 aromatic heterocycles. The van der Waals surface area contributed by atoms with Gasteiger partial charge in [-0.1, -0.05) is 0 Å². The van der Waals surface area contributed by atoms with Crippen LogP contribution < -0.4 is 10.2 Å². The van der Waals surface area contributed by atoms with Gasteiger partial charge in [0.1, 0.15) is 0 Å². The summed E-state index contributed by atoms with van der Waals surface area (Å²) in [6.07, 6.45) is 3.40. The maximum Gasteiger partial charge on any atom is 0.255 e. The van der Waals surface area contributed by atoms with Crippen molar-refractivity contribution >= 4 is 17.3 Å². The molecule has 21 heavy (non-hydrogen) atoms. The minimum atomic E-state index is -0.123. The van der Waals surface area contributed by atoms with E-state index in [1.807, 2.05) is 31.3 Å². The molecule has 1 amide bonds. The minimum absolute atomic E-state index is 0.123. The number of hydrogen-bond donors (Lipinski definition) is 1. The molecule has 5 heteroatoms. The summed E-state index contributed by atoms with van der Waals surface area (Å²) in [4.78, 5) is 14.4. The van der Waals surface area contributed by atoms with Crippen LogP contribution in [0.25, 0.3) is 0 Å². The van der Waals surface area contributed by atoms with Gasteiger partial charge in [0.15, 0.2) is 0 Å². The van der Waals surface area contributed by atoms with Crippen LogP contribution >= 0.6 is 0 Å². The highest BCUT2D eigenvalue weighted by molar-refractivity contribution is 6.04. The lowest BCUT2D eigenvalue weighted by molar-refractivity contribution is 0.102. The van der Waals surface area contributed by atoms with Gasteiger partial charge in [-0.25, -0.2) is 0 Å². The molecule has 0 saturated carbocycles. The van der Waals surface area contributed by atoms with Gasteiger partial charge in [-0.15, -0.1) is 0 Å². The molecule has 0 aliphatic carbocycles. The van der Waals surface area contributed by atoms with Gasteiger partial charge in [0.05, 0.1) is 11.9 Å². The quantitative estimate of drug-likeness (QED) is 0.919. The summed E-state index contributed by atoms with van der Waals surface area (Å²) in [6.45, 7) is 7.39. The molecule has 0 fully saturated rings. The number of nitrogens with one attached hydrogen (secondary N) is 1. The molecule has 0 saturated heterocycles. The molecule has 1 aromatic carbocycles. The van der Waals surface area contributed by atoms with Crippen molar-refractivity contribution < 1.29 is 4.79 Å². The minimum Gasteiger partial charge on any atom is -0.369 e. The van der Waals surface area contributed by atoms with Gasteiger partial charge in [-0.3, -0.25) is 9.48 Å². The SMILES string of the molecule is CCN(c1ccc(C(=O)Nc2cnn(C)c2)cc1)C(C)C. The van der Waals surface area contributed by atoms with Crippen molar-refractivity contribution in [3.8, 4) is 0 Å². The zero-order valence-corrected chi connectivity index (χ0v) is 13.0. The Morgan fingerprint density at radius 2 is 2.00 bits per heavy atom. The number of anilines is 2. The van der Waals surface area contributed by atoms with Crippen molar-refractivity contribution in [1.82, 2.24) is 9.78 Å². The predicted molar refractivity (Wildman–Crippen MR) is 85.8 cm³/mol. The molecule has 0 atom stereocenters. The molecule has 0 aliphatic rings. The second-order valence-corrected chi connectivity index (χ2v) is 5.28.